The molecule has 0 aromatic carbocycles. The number of halogens is 1. The van der Waals surface area contributed by atoms with Crippen LogP contribution < -0.4 is 0 Å². The van der Waals surface area contributed by atoms with Crippen molar-refractivity contribution in [3.05, 3.63) is 21.5 Å². The molecule has 117 valence electrons. The maximum Gasteiger partial charge on any atom is 0.113 e. The number of nitrogens with zero attached hydrogens (tertiary/aromatic N) is 1. The predicted molar refractivity (Wildman–Crippen MR) is 91.8 cm³/mol. The van der Waals surface area contributed by atoms with Crippen LogP contribution in [0.25, 0.3) is 0 Å². The van der Waals surface area contributed by atoms with Gasteiger partial charge in [-0.05, 0) is 68.1 Å². The van der Waals surface area contributed by atoms with Gasteiger partial charge in [0, 0.05) is 5.92 Å². The second-order valence-electron chi connectivity index (χ2n) is 7.60. The van der Waals surface area contributed by atoms with Gasteiger partial charge >= 0.3 is 0 Å². The summed E-state index contributed by atoms with van der Waals surface area (Å²) in [5.41, 5.74) is 0. The van der Waals surface area contributed by atoms with Crippen LogP contribution in [0.5, 0.6) is 0 Å². The maximum absolute atomic E-state index is 6.10. The molecule has 0 spiro atoms. The number of hydrogen-bond acceptors (Lipinski definition) is 2. The smallest absolute Gasteiger partial charge is 0.113 e. The van der Waals surface area contributed by atoms with Gasteiger partial charge in [-0.2, -0.15) is 0 Å². The van der Waals surface area contributed by atoms with E-state index in [-0.39, 0.29) is 0 Å². The molecule has 4 atom stereocenters. The molecule has 1 radical (unpaired) electrons. The van der Waals surface area contributed by atoms with Crippen LogP contribution >= 0.6 is 22.9 Å². The van der Waals surface area contributed by atoms with E-state index in [0.717, 1.165) is 28.0 Å². The van der Waals surface area contributed by atoms with Crippen LogP contribution in [-0.4, -0.2) is 4.98 Å². The molecule has 4 unspecified atom stereocenters. The van der Waals surface area contributed by atoms with Gasteiger partial charge in [-0.15, -0.1) is 11.3 Å². The van der Waals surface area contributed by atoms with Crippen molar-refractivity contribution in [2.45, 2.75) is 65.2 Å². The summed E-state index contributed by atoms with van der Waals surface area (Å²) >= 11 is 7.79. The molecule has 1 nitrogen and oxygen atoms in total. The van der Waals surface area contributed by atoms with Crippen molar-refractivity contribution < 1.29 is 0 Å². The van der Waals surface area contributed by atoms with Crippen molar-refractivity contribution in [3.8, 4) is 0 Å². The minimum Gasteiger partial charge on any atom is -0.248 e. The highest BCUT2D eigenvalue weighted by Gasteiger charge is 2.37. The van der Waals surface area contributed by atoms with Gasteiger partial charge in [0.15, 0.2) is 0 Å². The largest absolute Gasteiger partial charge is 0.248 e. The van der Waals surface area contributed by atoms with E-state index in [2.05, 4.69) is 25.8 Å². The lowest BCUT2D eigenvalue weighted by atomic mass is 9.64. The molecular weight excluding hydrogens is 298 g/mol. The first kappa shape index (κ1) is 15.8. The van der Waals surface area contributed by atoms with E-state index in [1.165, 1.54) is 43.5 Å². The Morgan fingerprint density at radius 1 is 1.14 bits per heavy atom. The Morgan fingerprint density at radius 3 is 2.48 bits per heavy atom. The van der Waals surface area contributed by atoms with Gasteiger partial charge in [0.25, 0.3) is 0 Å². The molecule has 0 amide bonds. The van der Waals surface area contributed by atoms with Crippen LogP contribution in [0.1, 0.15) is 70.2 Å². The third-order valence-corrected chi connectivity index (χ3v) is 6.90. The Hall–Kier alpha value is -0.0800. The Morgan fingerprint density at radius 2 is 1.86 bits per heavy atom. The minimum absolute atomic E-state index is 0.610. The van der Waals surface area contributed by atoms with Crippen LogP contribution in [0.2, 0.25) is 4.34 Å². The standard InChI is InChI=1S/C18H27ClNS/c1-11-6-12(2)8-15(7-11)14-5-4-13(3)16(9-14)18-20-10-17(19)21-18/h10-13,15-16H,4-9H2,1-3H3. The summed E-state index contributed by atoms with van der Waals surface area (Å²) in [6.07, 6.45) is 10.0. The highest BCUT2D eigenvalue weighted by atomic mass is 35.5. The number of hydrogen-bond donors (Lipinski definition) is 0. The summed E-state index contributed by atoms with van der Waals surface area (Å²) in [6, 6.07) is 0. The molecule has 3 heteroatoms. The van der Waals surface area contributed by atoms with Crippen LogP contribution in [0.3, 0.4) is 0 Å². The zero-order valence-corrected chi connectivity index (χ0v) is 15.0. The molecule has 1 heterocycles. The lowest BCUT2D eigenvalue weighted by molar-refractivity contribution is 0.195. The Balaban J connectivity index is 1.70. The minimum atomic E-state index is 0.610. The third-order valence-electron chi connectivity index (χ3n) is 5.66. The number of thiazole rings is 1. The van der Waals surface area contributed by atoms with E-state index in [1.807, 2.05) is 12.1 Å². The molecule has 21 heavy (non-hydrogen) atoms. The fourth-order valence-corrected chi connectivity index (χ4v) is 5.78. The lowest BCUT2D eigenvalue weighted by Crippen LogP contribution is -2.30. The predicted octanol–water partition coefficient (Wildman–Crippen LogP) is 6.35. The quantitative estimate of drug-likeness (QED) is 0.618. The van der Waals surface area contributed by atoms with Crippen molar-refractivity contribution in [2.24, 2.45) is 23.7 Å². The van der Waals surface area contributed by atoms with Crippen LogP contribution in [0.4, 0.5) is 0 Å². The summed E-state index contributed by atoms with van der Waals surface area (Å²) in [7, 11) is 0. The molecule has 2 fully saturated rings. The molecule has 0 aliphatic heterocycles. The van der Waals surface area contributed by atoms with E-state index < -0.39 is 0 Å². The number of aromatic nitrogens is 1. The molecule has 2 aliphatic carbocycles. The third kappa shape index (κ3) is 3.64. The molecule has 3 rings (SSSR count). The first-order valence-electron chi connectivity index (χ1n) is 8.48. The van der Waals surface area contributed by atoms with E-state index >= 15 is 0 Å². The van der Waals surface area contributed by atoms with E-state index in [0.29, 0.717) is 5.92 Å². The van der Waals surface area contributed by atoms with Gasteiger partial charge in [0.2, 0.25) is 0 Å². The number of rotatable bonds is 2. The molecule has 1 aromatic rings. The fourth-order valence-electron chi connectivity index (χ4n) is 4.62. The van der Waals surface area contributed by atoms with Gasteiger partial charge in [0.1, 0.15) is 4.34 Å². The molecule has 2 aliphatic rings. The Kier molecular flexibility index (Phi) is 4.95. The molecule has 0 bridgehead atoms. The Bertz CT molecular complexity index is 462. The highest BCUT2D eigenvalue weighted by Crippen LogP contribution is 2.49. The van der Waals surface area contributed by atoms with Crippen molar-refractivity contribution in [1.82, 2.24) is 4.98 Å². The van der Waals surface area contributed by atoms with Crippen molar-refractivity contribution in [1.29, 1.82) is 0 Å². The van der Waals surface area contributed by atoms with Gasteiger partial charge in [-0.1, -0.05) is 32.4 Å². The van der Waals surface area contributed by atoms with Crippen LogP contribution in [0.15, 0.2) is 6.20 Å². The van der Waals surface area contributed by atoms with Crippen LogP contribution in [0, 0.1) is 29.6 Å². The summed E-state index contributed by atoms with van der Waals surface area (Å²) in [5.74, 6) is 5.86. The zero-order valence-electron chi connectivity index (χ0n) is 13.4. The monoisotopic (exact) mass is 324 g/mol. The van der Waals surface area contributed by atoms with Gasteiger partial charge in [0.05, 0.1) is 11.2 Å². The first-order valence-corrected chi connectivity index (χ1v) is 9.68. The molecular formula is C18H27ClNS. The zero-order chi connectivity index (χ0) is 15.0. The van der Waals surface area contributed by atoms with Crippen LogP contribution in [-0.2, 0) is 0 Å². The van der Waals surface area contributed by atoms with Crippen molar-refractivity contribution in [2.75, 3.05) is 0 Å². The van der Waals surface area contributed by atoms with Gasteiger partial charge in [-0.25, -0.2) is 4.98 Å². The normalized spacial score (nSPS) is 38.6. The molecule has 2 saturated carbocycles. The fraction of sp³-hybridized carbons (Fsp3) is 0.778. The molecule has 0 saturated heterocycles. The Labute approximate surface area is 138 Å². The molecule has 0 N–H and O–H groups in total. The second kappa shape index (κ2) is 6.58. The average molecular weight is 325 g/mol. The summed E-state index contributed by atoms with van der Waals surface area (Å²) in [4.78, 5) is 4.57. The van der Waals surface area contributed by atoms with E-state index in [9.17, 15) is 0 Å². The van der Waals surface area contributed by atoms with E-state index in [1.54, 1.807) is 11.3 Å². The summed E-state index contributed by atoms with van der Waals surface area (Å²) in [5, 5.41) is 1.27. The first-order chi connectivity index (χ1) is 10.0. The second-order valence-corrected chi connectivity index (χ2v) is 9.30. The average Bonchev–Trinajstić information content (AvgIpc) is 2.84. The van der Waals surface area contributed by atoms with E-state index in [4.69, 9.17) is 11.6 Å². The van der Waals surface area contributed by atoms with Gasteiger partial charge in [-0.3, -0.25) is 0 Å². The summed E-state index contributed by atoms with van der Waals surface area (Å²) in [6.45, 7) is 7.27. The maximum atomic E-state index is 6.10. The van der Waals surface area contributed by atoms with Gasteiger partial charge < -0.3 is 0 Å². The topological polar surface area (TPSA) is 12.9 Å². The SMILES string of the molecule is CC1CC(C)CC([C]2CCC(C)C(c3ncc(Cl)s3)C2)C1. The highest BCUT2D eigenvalue weighted by molar-refractivity contribution is 7.15. The van der Waals surface area contributed by atoms with Crippen molar-refractivity contribution >= 4 is 22.9 Å². The molecule has 1 aromatic heterocycles. The lowest BCUT2D eigenvalue weighted by Gasteiger charge is -2.41. The summed E-state index contributed by atoms with van der Waals surface area (Å²) < 4.78 is 0.837. The van der Waals surface area contributed by atoms with Crippen molar-refractivity contribution in [3.63, 3.8) is 0 Å².